The average Bonchev–Trinajstić information content (AvgIpc) is 2.46. The van der Waals surface area contributed by atoms with Crippen LogP contribution >= 0.6 is 0 Å². The molecular formula is C16H17NO2. The molecule has 3 heteroatoms. The van der Waals surface area contributed by atoms with Crippen molar-refractivity contribution in [1.82, 2.24) is 5.32 Å². The summed E-state index contributed by atoms with van der Waals surface area (Å²) in [6.07, 6.45) is -0.687. The summed E-state index contributed by atoms with van der Waals surface area (Å²) in [5.74, 6) is -0.174. The van der Waals surface area contributed by atoms with Gasteiger partial charge in [-0.3, -0.25) is 4.79 Å². The Hall–Kier alpha value is -2.13. The number of nitrogens with one attached hydrogen (secondary N) is 1. The van der Waals surface area contributed by atoms with E-state index in [1.54, 1.807) is 12.1 Å². The van der Waals surface area contributed by atoms with Crippen LogP contribution in [0.1, 0.15) is 27.6 Å². The Kier molecular flexibility index (Phi) is 4.31. The maximum atomic E-state index is 11.8. The van der Waals surface area contributed by atoms with Crippen molar-refractivity contribution >= 4 is 5.91 Å². The van der Waals surface area contributed by atoms with Gasteiger partial charge in [0.15, 0.2) is 0 Å². The lowest BCUT2D eigenvalue weighted by Crippen LogP contribution is -2.28. The van der Waals surface area contributed by atoms with Gasteiger partial charge in [0.05, 0.1) is 6.10 Å². The Bertz CT molecular complexity index is 534. The third-order valence-corrected chi connectivity index (χ3v) is 2.95. The summed E-state index contributed by atoms with van der Waals surface area (Å²) in [7, 11) is 0. The second-order valence-electron chi connectivity index (χ2n) is 4.50. The van der Waals surface area contributed by atoms with Crippen molar-refractivity contribution in [1.29, 1.82) is 0 Å². The molecule has 0 fully saturated rings. The molecule has 2 rings (SSSR count). The Balaban J connectivity index is 1.92. The molecule has 0 spiro atoms. The number of amides is 1. The Labute approximate surface area is 112 Å². The van der Waals surface area contributed by atoms with Crippen LogP contribution < -0.4 is 5.32 Å². The number of aliphatic hydroxyl groups is 1. The molecule has 0 saturated carbocycles. The minimum Gasteiger partial charge on any atom is -0.387 e. The van der Waals surface area contributed by atoms with Crippen LogP contribution in [-0.4, -0.2) is 17.6 Å². The van der Waals surface area contributed by atoms with Crippen LogP contribution in [0.3, 0.4) is 0 Å². The fourth-order valence-corrected chi connectivity index (χ4v) is 1.79. The SMILES string of the molecule is Cc1ccc([C@@H](O)CNC(=O)c2ccccc2)cc1. The van der Waals surface area contributed by atoms with Crippen LogP contribution in [0.4, 0.5) is 0 Å². The molecule has 0 aromatic heterocycles. The fourth-order valence-electron chi connectivity index (χ4n) is 1.79. The van der Waals surface area contributed by atoms with Crippen molar-refractivity contribution in [3.8, 4) is 0 Å². The summed E-state index contributed by atoms with van der Waals surface area (Å²) in [6.45, 7) is 2.20. The van der Waals surface area contributed by atoms with E-state index in [9.17, 15) is 9.90 Å². The quantitative estimate of drug-likeness (QED) is 0.881. The van der Waals surface area contributed by atoms with E-state index in [-0.39, 0.29) is 12.5 Å². The van der Waals surface area contributed by atoms with Crippen LogP contribution in [0.15, 0.2) is 54.6 Å². The number of hydrogen-bond acceptors (Lipinski definition) is 2. The van der Waals surface area contributed by atoms with Gasteiger partial charge in [0.25, 0.3) is 5.91 Å². The van der Waals surface area contributed by atoms with Crippen LogP contribution in [0.25, 0.3) is 0 Å². The number of benzene rings is 2. The molecule has 0 radical (unpaired) electrons. The molecule has 0 aliphatic rings. The van der Waals surface area contributed by atoms with Crippen molar-refractivity contribution in [2.24, 2.45) is 0 Å². The lowest BCUT2D eigenvalue weighted by Gasteiger charge is -2.12. The molecule has 2 aromatic carbocycles. The van der Waals surface area contributed by atoms with E-state index in [1.807, 2.05) is 49.4 Å². The lowest BCUT2D eigenvalue weighted by molar-refractivity contribution is 0.0916. The zero-order valence-corrected chi connectivity index (χ0v) is 10.8. The molecule has 1 atom stereocenters. The van der Waals surface area contributed by atoms with Gasteiger partial charge in [0, 0.05) is 12.1 Å². The van der Waals surface area contributed by atoms with Gasteiger partial charge in [-0.15, -0.1) is 0 Å². The van der Waals surface area contributed by atoms with E-state index < -0.39 is 6.10 Å². The van der Waals surface area contributed by atoms with Crippen LogP contribution in [0, 0.1) is 6.92 Å². The molecule has 0 aliphatic carbocycles. The number of aliphatic hydroxyl groups excluding tert-OH is 1. The van der Waals surface area contributed by atoms with Crippen molar-refractivity contribution in [3.05, 3.63) is 71.3 Å². The van der Waals surface area contributed by atoms with E-state index in [2.05, 4.69) is 5.32 Å². The number of hydrogen-bond donors (Lipinski definition) is 2. The first-order chi connectivity index (χ1) is 9.16. The van der Waals surface area contributed by atoms with Crippen molar-refractivity contribution in [2.75, 3.05) is 6.54 Å². The van der Waals surface area contributed by atoms with Gasteiger partial charge in [-0.1, -0.05) is 48.0 Å². The molecule has 0 unspecified atom stereocenters. The van der Waals surface area contributed by atoms with E-state index in [0.717, 1.165) is 11.1 Å². The first-order valence-electron chi connectivity index (χ1n) is 6.24. The molecule has 0 aliphatic heterocycles. The first kappa shape index (κ1) is 13.3. The van der Waals surface area contributed by atoms with Gasteiger partial charge in [0.1, 0.15) is 0 Å². The molecule has 0 bridgehead atoms. The maximum absolute atomic E-state index is 11.8. The molecule has 2 N–H and O–H groups in total. The third-order valence-electron chi connectivity index (χ3n) is 2.95. The van der Waals surface area contributed by atoms with Crippen molar-refractivity contribution in [2.45, 2.75) is 13.0 Å². The lowest BCUT2D eigenvalue weighted by atomic mass is 10.1. The number of rotatable bonds is 4. The van der Waals surface area contributed by atoms with Gasteiger partial charge >= 0.3 is 0 Å². The highest BCUT2D eigenvalue weighted by molar-refractivity contribution is 5.94. The Morgan fingerprint density at radius 1 is 1.11 bits per heavy atom. The predicted molar refractivity (Wildman–Crippen MR) is 74.9 cm³/mol. The molecule has 0 saturated heterocycles. The molecule has 0 heterocycles. The Morgan fingerprint density at radius 2 is 1.74 bits per heavy atom. The molecule has 3 nitrogen and oxygen atoms in total. The summed E-state index contributed by atoms with van der Waals surface area (Å²) < 4.78 is 0. The zero-order chi connectivity index (χ0) is 13.7. The highest BCUT2D eigenvalue weighted by Gasteiger charge is 2.10. The number of carbonyl (C=O) groups is 1. The minimum atomic E-state index is -0.687. The van der Waals surface area contributed by atoms with Gasteiger partial charge < -0.3 is 10.4 Å². The largest absolute Gasteiger partial charge is 0.387 e. The van der Waals surface area contributed by atoms with Crippen molar-refractivity contribution < 1.29 is 9.90 Å². The second-order valence-corrected chi connectivity index (χ2v) is 4.50. The minimum absolute atomic E-state index is 0.174. The van der Waals surface area contributed by atoms with Gasteiger partial charge in [-0.05, 0) is 24.6 Å². The van der Waals surface area contributed by atoms with E-state index in [0.29, 0.717) is 5.56 Å². The molecule has 19 heavy (non-hydrogen) atoms. The summed E-state index contributed by atoms with van der Waals surface area (Å²) in [5, 5.41) is 12.7. The molecule has 1 amide bonds. The van der Waals surface area contributed by atoms with Crippen LogP contribution in [0.5, 0.6) is 0 Å². The van der Waals surface area contributed by atoms with Gasteiger partial charge in [-0.2, -0.15) is 0 Å². The summed E-state index contributed by atoms with van der Waals surface area (Å²) >= 11 is 0. The van der Waals surface area contributed by atoms with Crippen LogP contribution in [0.2, 0.25) is 0 Å². The number of carbonyl (C=O) groups excluding carboxylic acids is 1. The third kappa shape index (κ3) is 3.66. The molecule has 2 aromatic rings. The topological polar surface area (TPSA) is 49.3 Å². The first-order valence-corrected chi connectivity index (χ1v) is 6.24. The molecule has 98 valence electrons. The summed E-state index contributed by atoms with van der Waals surface area (Å²) in [5.41, 5.74) is 2.54. The van der Waals surface area contributed by atoms with Gasteiger partial charge in [0.2, 0.25) is 0 Å². The Morgan fingerprint density at radius 3 is 2.37 bits per heavy atom. The smallest absolute Gasteiger partial charge is 0.251 e. The summed E-state index contributed by atoms with van der Waals surface area (Å²) in [4.78, 5) is 11.8. The van der Waals surface area contributed by atoms with E-state index in [1.165, 1.54) is 0 Å². The normalized spacial score (nSPS) is 11.9. The van der Waals surface area contributed by atoms with Crippen molar-refractivity contribution in [3.63, 3.8) is 0 Å². The fraction of sp³-hybridized carbons (Fsp3) is 0.188. The second kappa shape index (κ2) is 6.16. The summed E-state index contributed by atoms with van der Waals surface area (Å²) in [6, 6.07) is 16.6. The zero-order valence-electron chi connectivity index (χ0n) is 10.8. The van der Waals surface area contributed by atoms with Gasteiger partial charge in [-0.25, -0.2) is 0 Å². The highest BCUT2D eigenvalue weighted by atomic mass is 16.3. The molecular weight excluding hydrogens is 238 g/mol. The number of aryl methyl sites for hydroxylation is 1. The standard InChI is InChI=1S/C16H17NO2/c1-12-7-9-13(10-8-12)15(18)11-17-16(19)14-5-3-2-4-6-14/h2-10,15,18H,11H2,1H3,(H,17,19)/t15-/m0/s1. The van der Waals surface area contributed by atoms with E-state index >= 15 is 0 Å². The monoisotopic (exact) mass is 255 g/mol. The van der Waals surface area contributed by atoms with E-state index in [4.69, 9.17) is 0 Å². The van der Waals surface area contributed by atoms with Crippen LogP contribution in [-0.2, 0) is 0 Å². The highest BCUT2D eigenvalue weighted by Crippen LogP contribution is 2.12. The maximum Gasteiger partial charge on any atom is 0.251 e. The average molecular weight is 255 g/mol. The predicted octanol–water partition coefficient (Wildman–Crippen LogP) is 2.46.